The molecule has 5 nitrogen and oxygen atoms in total. The van der Waals surface area contributed by atoms with Crippen molar-refractivity contribution in [3.05, 3.63) is 40.2 Å². The first-order valence-electron chi connectivity index (χ1n) is 6.39. The van der Waals surface area contributed by atoms with Crippen molar-refractivity contribution in [2.45, 2.75) is 25.7 Å². The van der Waals surface area contributed by atoms with Crippen molar-refractivity contribution in [1.82, 2.24) is 0 Å². The minimum atomic E-state index is -0.987. The molecule has 2 aromatic rings. The number of rotatable bonds is 3. The van der Waals surface area contributed by atoms with Gasteiger partial charge in [0.15, 0.2) is 5.76 Å². The number of amides is 1. The number of carbonyl (C=O) groups excluding carboxylic acids is 1. The number of anilines is 1. The van der Waals surface area contributed by atoms with E-state index in [1.54, 1.807) is 12.1 Å². The van der Waals surface area contributed by atoms with Gasteiger partial charge in [-0.15, -0.1) is 11.3 Å². The highest BCUT2D eigenvalue weighted by atomic mass is 32.1. The monoisotopic (exact) mass is 291 g/mol. The molecule has 2 heterocycles. The van der Waals surface area contributed by atoms with Crippen molar-refractivity contribution in [1.29, 1.82) is 0 Å². The lowest BCUT2D eigenvalue weighted by molar-refractivity contribution is 0.0697. The van der Waals surface area contributed by atoms with Crippen LogP contribution < -0.4 is 5.32 Å². The Balaban J connectivity index is 1.95. The highest BCUT2D eigenvalue weighted by Crippen LogP contribution is 2.38. The predicted octanol–water partition coefficient (Wildman–Crippen LogP) is 3.17. The first kappa shape index (κ1) is 12.9. The van der Waals surface area contributed by atoms with Gasteiger partial charge in [-0.2, -0.15) is 0 Å². The van der Waals surface area contributed by atoms with E-state index in [9.17, 15) is 14.7 Å². The van der Waals surface area contributed by atoms with E-state index in [1.807, 2.05) is 0 Å². The van der Waals surface area contributed by atoms with Crippen LogP contribution >= 0.6 is 11.3 Å². The van der Waals surface area contributed by atoms with E-state index in [0.29, 0.717) is 5.00 Å². The smallest absolute Gasteiger partial charge is 0.339 e. The molecule has 0 radical (unpaired) electrons. The van der Waals surface area contributed by atoms with Gasteiger partial charge >= 0.3 is 5.97 Å². The fourth-order valence-electron chi connectivity index (χ4n) is 2.45. The molecule has 0 aromatic carbocycles. The quantitative estimate of drug-likeness (QED) is 0.910. The molecule has 104 valence electrons. The SMILES string of the molecule is O=C(Nc1sc2c(c1C(=O)O)CCCC2)c1ccco1. The van der Waals surface area contributed by atoms with E-state index >= 15 is 0 Å². The molecule has 6 heteroatoms. The molecular weight excluding hydrogens is 278 g/mol. The van der Waals surface area contributed by atoms with E-state index in [4.69, 9.17) is 4.42 Å². The van der Waals surface area contributed by atoms with Crippen LogP contribution in [0.25, 0.3) is 0 Å². The zero-order chi connectivity index (χ0) is 14.1. The van der Waals surface area contributed by atoms with E-state index < -0.39 is 11.9 Å². The van der Waals surface area contributed by atoms with Crippen molar-refractivity contribution >= 4 is 28.2 Å². The molecule has 0 saturated carbocycles. The van der Waals surface area contributed by atoms with Gasteiger partial charge in [0.05, 0.1) is 11.8 Å². The number of carboxylic acid groups (broad SMARTS) is 1. The Morgan fingerprint density at radius 2 is 2.10 bits per heavy atom. The molecule has 2 aromatic heterocycles. The van der Waals surface area contributed by atoms with Crippen LogP contribution in [0.4, 0.5) is 5.00 Å². The summed E-state index contributed by atoms with van der Waals surface area (Å²) in [5.74, 6) is -1.23. The molecule has 0 aliphatic heterocycles. The van der Waals surface area contributed by atoms with Crippen molar-refractivity contribution in [3.8, 4) is 0 Å². The molecule has 1 aliphatic carbocycles. The van der Waals surface area contributed by atoms with Crippen LogP contribution in [0.2, 0.25) is 0 Å². The molecule has 0 bridgehead atoms. The summed E-state index contributed by atoms with van der Waals surface area (Å²) in [5.41, 5.74) is 1.12. The van der Waals surface area contributed by atoms with Gasteiger partial charge in [0.25, 0.3) is 5.91 Å². The van der Waals surface area contributed by atoms with Crippen LogP contribution in [0.3, 0.4) is 0 Å². The number of thiophene rings is 1. The number of nitrogens with one attached hydrogen (secondary N) is 1. The maximum atomic E-state index is 12.0. The molecule has 1 amide bonds. The minimum absolute atomic E-state index is 0.174. The standard InChI is InChI=1S/C14H13NO4S/c16-12(9-5-3-7-19-9)15-13-11(14(17)18)8-4-1-2-6-10(8)20-13/h3,5,7H,1-2,4,6H2,(H,15,16)(H,17,18). The Labute approximate surface area is 119 Å². The lowest BCUT2D eigenvalue weighted by Gasteiger charge is -2.10. The Hall–Kier alpha value is -2.08. The van der Waals surface area contributed by atoms with Crippen LogP contribution in [0.5, 0.6) is 0 Å². The Kier molecular flexibility index (Phi) is 3.31. The summed E-state index contributed by atoms with van der Waals surface area (Å²) in [6, 6.07) is 3.16. The fourth-order valence-corrected chi connectivity index (χ4v) is 3.73. The van der Waals surface area contributed by atoms with E-state index in [-0.39, 0.29) is 11.3 Å². The van der Waals surface area contributed by atoms with Crippen LogP contribution in [-0.4, -0.2) is 17.0 Å². The predicted molar refractivity (Wildman–Crippen MR) is 74.6 cm³/mol. The number of hydrogen-bond donors (Lipinski definition) is 2. The molecule has 20 heavy (non-hydrogen) atoms. The summed E-state index contributed by atoms with van der Waals surface area (Å²) in [6.07, 6.45) is 5.13. The number of carboxylic acids is 1. The third kappa shape index (κ3) is 2.22. The number of furan rings is 1. The second-order valence-electron chi connectivity index (χ2n) is 4.65. The van der Waals surface area contributed by atoms with Gasteiger partial charge in [0, 0.05) is 4.88 Å². The van der Waals surface area contributed by atoms with Gasteiger partial charge < -0.3 is 14.8 Å². The van der Waals surface area contributed by atoms with Crippen molar-refractivity contribution < 1.29 is 19.1 Å². The molecule has 2 N–H and O–H groups in total. The zero-order valence-corrected chi connectivity index (χ0v) is 11.5. The van der Waals surface area contributed by atoms with Gasteiger partial charge in [0.1, 0.15) is 5.00 Å². The lowest BCUT2D eigenvalue weighted by atomic mass is 9.95. The normalized spacial score (nSPS) is 13.8. The highest BCUT2D eigenvalue weighted by molar-refractivity contribution is 7.17. The van der Waals surface area contributed by atoms with Crippen LogP contribution in [0.1, 0.15) is 44.2 Å². The highest BCUT2D eigenvalue weighted by Gasteiger charge is 2.26. The van der Waals surface area contributed by atoms with Crippen LogP contribution in [-0.2, 0) is 12.8 Å². The molecule has 0 atom stereocenters. The first-order valence-corrected chi connectivity index (χ1v) is 7.21. The van der Waals surface area contributed by atoms with Crippen LogP contribution in [0.15, 0.2) is 22.8 Å². The third-order valence-electron chi connectivity index (χ3n) is 3.36. The van der Waals surface area contributed by atoms with Gasteiger partial charge in [-0.25, -0.2) is 4.79 Å². The van der Waals surface area contributed by atoms with Crippen molar-refractivity contribution in [2.75, 3.05) is 5.32 Å². The molecule has 1 aliphatic rings. The summed E-state index contributed by atoms with van der Waals surface area (Å²) in [7, 11) is 0. The maximum absolute atomic E-state index is 12.0. The second kappa shape index (κ2) is 5.13. The maximum Gasteiger partial charge on any atom is 0.339 e. The molecule has 0 fully saturated rings. The third-order valence-corrected chi connectivity index (χ3v) is 4.56. The molecular formula is C14H13NO4S. The first-order chi connectivity index (χ1) is 9.66. The van der Waals surface area contributed by atoms with E-state index in [0.717, 1.165) is 36.1 Å². The van der Waals surface area contributed by atoms with Gasteiger partial charge in [-0.1, -0.05) is 0 Å². The van der Waals surface area contributed by atoms with Gasteiger partial charge in [-0.3, -0.25) is 4.79 Å². The Morgan fingerprint density at radius 1 is 1.30 bits per heavy atom. The summed E-state index contributed by atoms with van der Waals surface area (Å²) >= 11 is 1.36. The number of hydrogen-bond acceptors (Lipinski definition) is 4. The van der Waals surface area contributed by atoms with Gasteiger partial charge in [0.2, 0.25) is 0 Å². The number of carbonyl (C=O) groups is 2. The van der Waals surface area contributed by atoms with E-state index in [1.165, 1.54) is 17.6 Å². The minimum Gasteiger partial charge on any atom is -0.478 e. The van der Waals surface area contributed by atoms with Crippen molar-refractivity contribution in [2.24, 2.45) is 0 Å². The van der Waals surface area contributed by atoms with Crippen LogP contribution in [0, 0.1) is 0 Å². The van der Waals surface area contributed by atoms with Gasteiger partial charge in [-0.05, 0) is 43.4 Å². The average molecular weight is 291 g/mol. The average Bonchev–Trinajstić information content (AvgIpc) is 3.05. The lowest BCUT2D eigenvalue weighted by Crippen LogP contribution is -2.13. The molecule has 0 saturated heterocycles. The largest absolute Gasteiger partial charge is 0.478 e. The molecule has 0 unspecified atom stereocenters. The number of fused-ring (bicyclic) bond motifs is 1. The summed E-state index contributed by atoms with van der Waals surface area (Å²) < 4.78 is 5.02. The summed E-state index contributed by atoms with van der Waals surface area (Å²) in [4.78, 5) is 24.5. The molecule has 0 spiro atoms. The number of aromatic carboxylic acids is 1. The van der Waals surface area contributed by atoms with E-state index in [2.05, 4.69) is 5.32 Å². The molecule has 3 rings (SSSR count). The Morgan fingerprint density at radius 3 is 2.80 bits per heavy atom. The van der Waals surface area contributed by atoms with Crippen molar-refractivity contribution in [3.63, 3.8) is 0 Å². The topological polar surface area (TPSA) is 79.5 Å². The zero-order valence-electron chi connectivity index (χ0n) is 10.6. The second-order valence-corrected chi connectivity index (χ2v) is 5.76. The summed E-state index contributed by atoms with van der Waals surface area (Å²) in [6.45, 7) is 0. The Bertz CT molecular complexity index is 657. The summed E-state index contributed by atoms with van der Waals surface area (Å²) in [5, 5.41) is 12.5. The number of aryl methyl sites for hydroxylation is 1. The fraction of sp³-hybridized carbons (Fsp3) is 0.286.